The molecule has 86 valence electrons. The number of non-ortho nitro benzene ring substituents is 1. The largest absolute Gasteiger partial charge is 0.381 e. The quantitative estimate of drug-likeness (QED) is 0.679. The van der Waals surface area contributed by atoms with Crippen LogP contribution < -0.4 is 5.32 Å². The van der Waals surface area contributed by atoms with E-state index in [1.807, 2.05) is 0 Å². The first-order chi connectivity index (χ1) is 7.58. The standard InChI is InChI=1S/C11H13BrN2O2/c1-7(8-2-3-8)13-11-6-9(14(15)16)4-5-10(11)12/h4-8,13H,2-3H2,1H3. The molecule has 0 heterocycles. The maximum absolute atomic E-state index is 10.7. The SMILES string of the molecule is CC(Nc1cc([N+](=O)[O-])ccc1Br)C1CC1. The van der Waals surface area contributed by atoms with Gasteiger partial charge in [0, 0.05) is 22.6 Å². The van der Waals surface area contributed by atoms with Crippen LogP contribution in [-0.4, -0.2) is 11.0 Å². The van der Waals surface area contributed by atoms with Crippen molar-refractivity contribution in [3.63, 3.8) is 0 Å². The van der Waals surface area contributed by atoms with Crippen molar-refractivity contribution in [2.75, 3.05) is 5.32 Å². The number of nitro groups is 1. The molecule has 0 spiro atoms. The van der Waals surface area contributed by atoms with Gasteiger partial charge in [-0.1, -0.05) is 0 Å². The van der Waals surface area contributed by atoms with Crippen molar-refractivity contribution >= 4 is 27.3 Å². The molecule has 1 N–H and O–H groups in total. The predicted octanol–water partition coefficient (Wildman–Crippen LogP) is 3.57. The number of rotatable bonds is 4. The Kier molecular flexibility index (Phi) is 3.14. The number of hydrogen-bond donors (Lipinski definition) is 1. The van der Waals surface area contributed by atoms with Crippen LogP contribution in [0, 0.1) is 16.0 Å². The second kappa shape index (κ2) is 4.41. The summed E-state index contributed by atoms with van der Waals surface area (Å²) in [5, 5.41) is 14.0. The average Bonchev–Trinajstić information content (AvgIpc) is 3.04. The third kappa shape index (κ3) is 2.52. The lowest BCUT2D eigenvalue weighted by molar-refractivity contribution is -0.384. The third-order valence-corrected chi connectivity index (χ3v) is 3.56. The molecule has 4 nitrogen and oxygen atoms in total. The minimum Gasteiger partial charge on any atom is -0.381 e. The maximum atomic E-state index is 10.7. The van der Waals surface area contributed by atoms with Crippen molar-refractivity contribution in [1.29, 1.82) is 0 Å². The van der Waals surface area contributed by atoms with Gasteiger partial charge in [0.25, 0.3) is 5.69 Å². The lowest BCUT2D eigenvalue weighted by atomic mass is 10.2. The molecule has 1 atom stereocenters. The monoisotopic (exact) mass is 284 g/mol. The van der Waals surface area contributed by atoms with Crippen molar-refractivity contribution in [3.05, 3.63) is 32.8 Å². The number of halogens is 1. The van der Waals surface area contributed by atoms with Crippen LogP contribution in [0.4, 0.5) is 11.4 Å². The Hall–Kier alpha value is -1.10. The van der Waals surface area contributed by atoms with E-state index in [0.717, 1.165) is 10.2 Å². The van der Waals surface area contributed by atoms with E-state index in [-0.39, 0.29) is 10.6 Å². The second-order valence-electron chi connectivity index (χ2n) is 4.19. The van der Waals surface area contributed by atoms with Crippen LogP contribution in [0.3, 0.4) is 0 Å². The van der Waals surface area contributed by atoms with Crippen molar-refractivity contribution in [1.82, 2.24) is 0 Å². The molecule has 1 aliphatic rings. The van der Waals surface area contributed by atoms with Crippen LogP contribution in [0.2, 0.25) is 0 Å². The van der Waals surface area contributed by atoms with Gasteiger partial charge in [0.05, 0.1) is 10.6 Å². The highest BCUT2D eigenvalue weighted by Crippen LogP contribution is 2.36. The molecule has 1 unspecified atom stereocenters. The fraction of sp³-hybridized carbons (Fsp3) is 0.455. The van der Waals surface area contributed by atoms with E-state index in [1.54, 1.807) is 12.1 Å². The summed E-state index contributed by atoms with van der Waals surface area (Å²) in [6, 6.07) is 5.15. The summed E-state index contributed by atoms with van der Waals surface area (Å²) < 4.78 is 0.866. The summed E-state index contributed by atoms with van der Waals surface area (Å²) in [4.78, 5) is 10.3. The smallest absolute Gasteiger partial charge is 0.271 e. The molecule has 5 heteroatoms. The Bertz CT molecular complexity index is 418. The van der Waals surface area contributed by atoms with Crippen molar-refractivity contribution in [3.8, 4) is 0 Å². The Morgan fingerprint density at radius 2 is 2.25 bits per heavy atom. The van der Waals surface area contributed by atoms with Crippen molar-refractivity contribution in [2.45, 2.75) is 25.8 Å². The summed E-state index contributed by atoms with van der Waals surface area (Å²) in [6.07, 6.45) is 2.50. The molecule has 16 heavy (non-hydrogen) atoms. The molecule has 0 saturated heterocycles. The molecule has 2 rings (SSSR count). The highest BCUT2D eigenvalue weighted by Gasteiger charge is 2.28. The van der Waals surface area contributed by atoms with Gasteiger partial charge in [-0.15, -0.1) is 0 Å². The van der Waals surface area contributed by atoms with Gasteiger partial charge in [-0.2, -0.15) is 0 Å². The van der Waals surface area contributed by atoms with Gasteiger partial charge in [0.15, 0.2) is 0 Å². The Morgan fingerprint density at radius 3 is 2.81 bits per heavy atom. The second-order valence-corrected chi connectivity index (χ2v) is 5.05. The summed E-state index contributed by atoms with van der Waals surface area (Å²) in [5.74, 6) is 0.714. The molecule has 0 aliphatic heterocycles. The van der Waals surface area contributed by atoms with Gasteiger partial charge < -0.3 is 5.32 Å². The van der Waals surface area contributed by atoms with Crippen LogP contribution in [0.1, 0.15) is 19.8 Å². The molecule has 0 amide bonds. The number of benzene rings is 1. The van der Waals surface area contributed by atoms with Crippen molar-refractivity contribution < 1.29 is 4.92 Å². The molecule has 0 radical (unpaired) electrons. The van der Waals surface area contributed by atoms with Crippen LogP contribution >= 0.6 is 15.9 Å². The van der Waals surface area contributed by atoms with Crippen LogP contribution in [0.5, 0.6) is 0 Å². The molecule has 1 aromatic carbocycles. The van der Waals surface area contributed by atoms with E-state index in [2.05, 4.69) is 28.2 Å². The summed E-state index contributed by atoms with van der Waals surface area (Å²) in [5.41, 5.74) is 0.919. The van der Waals surface area contributed by atoms with E-state index < -0.39 is 0 Å². The fourth-order valence-electron chi connectivity index (χ4n) is 1.70. The summed E-state index contributed by atoms with van der Waals surface area (Å²) >= 11 is 3.39. The van der Waals surface area contributed by atoms with Gasteiger partial charge in [-0.3, -0.25) is 10.1 Å². The fourth-order valence-corrected chi connectivity index (χ4v) is 2.06. The lowest BCUT2D eigenvalue weighted by Gasteiger charge is -2.15. The van der Waals surface area contributed by atoms with Gasteiger partial charge >= 0.3 is 0 Å². The van der Waals surface area contributed by atoms with E-state index in [1.165, 1.54) is 18.9 Å². The van der Waals surface area contributed by atoms with E-state index >= 15 is 0 Å². The van der Waals surface area contributed by atoms with Gasteiger partial charge in [0.1, 0.15) is 0 Å². The molecule has 1 saturated carbocycles. The molecule has 0 bridgehead atoms. The number of anilines is 1. The topological polar surface area (TPSA) is 55.2 Å². The Morgan fingerprint density at radius 1 is 1.56 bits per heavy atom. The zero-order chi connectivity index (χ0) is 11.7. The average molecular weight is 285 g/mol. The molecule has 0 aromatic heterocycles. The van der Waals surface area contributed by atoms with E-state index in [4.69, 9.17) is 0 Å². The zero-order valence-electron chi connectivity index (χ0n) is 8.94. The molecule has 1 aliphatic carbocycles. The lowest BCUT2D eigenvalue weighted by Crippen LogP contribution is -2.17. The minimum absolute atomic E-state index is 0.119. The maximum Gasteiger partial charge on any atom is 0.271 e. The Labute approximate surface area is 102 Å². The first kappa shape index (κ1) is 11.4. The predicted molar refractivity (Wildman–Crippen MR) is 66.6 cm³/mol. The van der Waals surface area contributed by atoms with Crippen LogP contribution in [-0.2, 0) is 0 Å². The van der Waals surface area contributed by atoms with E-state index in [0.29, 0.717) is 12.0 Å². The van der Waals surface area contributed by atoms with Crippen molar-refractivity contribution in [2.24, 2.45) is 5.92 Å². The van der Waals surface area contributed by atoms with Crippen LogP contribution in [0.15, 0.2) is 22.7 Å². The number of hydrogen-bond acceptors (Lipinski definition) is 3. The first-order valence-electron chi connectivity index (χ1n) is 5.28. The molecule has 1 fully saturated rings. The summed E-state index contributed by atoms with van der Waals surface area (Å²) in [7, 11) is 0. The zero-order valence-corrected chi connectivity index (χ0v) is 10.5. The highest BCUT2D eigenvalue weighted by atomic mass is 79.9. The molecular weight excluding hydrogens is 272 g/mol. The minimum atomic E-state index is -0.376. The molecular formula is C11H13BrN2O2. The molecule has 1 aromatic rings. The summed E-state index contributed by atoms with van der Waals surface area (Å²) in [6.45, 7) is 2.11. The third-order valence-electron chi connectivity index (χ3n) is 2.87. The Balaban J connectivity index is 2.17. The number of nitrogens with zero attached hydrogens (tertiary/aromatic N) is 1. The van der Waals surface area contributed by atoms with Gasteiger partial charge in [-0.05, 0) is 47.7 Å². The number of nitro benzene ring substituents is 1. The van der Waals surface area contributed by atoms with Gasteiger partial charge in [0.2, 0.25) is 0 Å². The number of nitrogens with one attached hydrogen (secondary N) is 1. The van der Waals surface area contributed by atoms with Crippen LogP contribution in [0.25, 0.3) is 0 Å². The normalized spacial score (nSPS) is 16.9. The highest BCUT2D eigenvalue weighted by molar-refractivity contribution is 9.10. The van der Waals surface area contributed by atoms with E-state index in [9.17, 15) is 10.1 Å². The van der Waals surface area contributed by atoms with Gasteiger partial charge in [-0.25, -0.2) is 0 Å². The first-order valence-corrected chi connectivity index (χ1v) is 6.07.